The zero-order chi connectivity index (χ0) is 39.8. The van der Waals surface area contributed by atoms with Crippen LogP contribution >= 0.6 is 24.6 Å². The largest absolute Gasteiger partial charge is 0.447 e. The van der Waals surface area contributed by atoms with Crippen LogP contribution in [-0.4, -0.2) is 24.0 Å². The molecule has 57 heavy (non-hydrogen) atoms. The van der Waals surface area contributed by atoms with Crippen LogP contribution in [0.25, 0.3) is 0 Å². The summed E-state index contributed by atoms with van der Waals surface area (Å²) < 4.78 is 34.3. The van der Waals surface area contributed by atoms with Crippen molar-refractivity contribution in [3.8, 4) is 34.5 Å². The molecule has 0 radical (unpaired) electrons. The van der Waals surface area contributed by atoms with E-state index in [2.05, 4.69) is 0 Å². The first-order valence-electron chi connectivity index (χ1n) is 16.5. The van der Waals surface area contributed by atoms with Crippen LogP contribution < -0.4 is 27.8 Å². The van der Waals surface area contributed by atoms with E-state index in [0.29, 0.717) is 17.2 Å². The van der Waals surface area contributed by atoms with E-state index in [0.717, 1.165) is 0 Å². The van der Waals surface area contributed by atoms with Gasteiger partial charge in [0.2, 0.25) is 0 Å². The molecule has 21 heteroatoms. The second-order valence-corrected chi connectivity index (χ2v) is 16.9. The predicted octanol–water partition coefficient (Wildman–Crippen LogP) is 11.0. The van der Waals surface area contributed by atoms with Gasteiger partial charge in [-0.05, 0) is 72.8 Å². The Bertz CT molecular complexity index is 2340. The fourth-order valence-electron chi connectivity index (χ4n) is 4.78. The molecule has 0 aromatic heterocycles. The molecular formula is C36H27N6O12P3. The molecule has 0 fully saturated rings. The van der Waals surface area contributed by atoms with E-state index in [1.165, 1.54) is 82.0 Å². The average Bonchev–Trinajstić information content (AvgIpc) is 3.22. The standard InChI is InChI=1S/C36H27N6O12P3/c43-38(44)28-16-22-32(23-17-28)49-41-55(51-33-24-18-29(19-25-33)39(45)46)37-57(53-35-12-6-2-7-13-35,54-36-14-8-3-9-15-36)42(50-31-10-4-1-5-11-31)56(41)52-34-26-20-30(21-27-34)40(47)48/h1-27H. The summed E-state index contributed by atoms with van der Waals surface area (Å²) in [5.41, 5.74) is -0.593. The molecule has 6 aromatic carbocycles. The molecule has 6 aromatic rings. The van der Waals surface area contributed by atoms with E-state index >= 15 is 0 Å². The molecule has 0 spiro atoms. The van der Waals surface area contributed by atoms with Crippen LogP contribution in [0.2, 0.25) is 0 Å². The van der Waals surface area contributed by atoms with Gasteiger partial charge in [0.1, 0.15) is 34.5 Å². The number of para-hydroxylation sites is 3. The number of non-ortho nitro benzene ring substituents is 3. The number of nitro benzene ring substituents is 3. The summed E-state index contributed by atoms with van der Waals surface area (Å²) in [6.07, 6.45) is 0. The Hall–Kier alpha value is -6.67. The van der Waals surface area contributed by atoms with Crippen molar-refractivity contribution in [2.45, 2.75) is 0 Å². The highest BCUT2D eigenvalue weighted by atomic mass is 31.3. The molecule has 288 valence electrons. The first kappa shape index (κ1) is 38.6. The molecule has 18 nitrogen and oxygen atoms in total. The maximum Gasteiger partial charge on any atom is 0.447 e. The van der Waals surface area contributed by atoms with Crippen molar-refractivity contribution in [2.75, 3.05) is 0 Å². The van der Waals surface area contributed by atoms with E-state index in [1.807, 2.05) is 0 Å². The van der Waals surface area contributed by atoms with E-state index in [-0.39, 0.29) is 34.3 Å². The van der Waals surface area contributed by atoms with Gasteiger partial charge in [0.25, 0.3) is 17.1 Å². The number of hydrogen-bond donors (Lipinski definition) is 0. The second kappa shape index (κ2) is 17.4. The molecule has 1 heterocycles. The number of hydrogen-bond acceptors (Lipinski definition) is 15. The van der Waals surface area contributed by atoms with Crippen LogP contribution in [0.1, 0.15) is 0 Å². The van der Waals surface area contributed by atoms with Crippen LogP contribution in [0.3, 0.4) is 0 Å². The SMILES string of the molecule is O=[N+]([O-])c1ccc(ON2P(Oc3ccc([N+](=O)[O-])cc3)N=P(Oc3ccccc3)(Oc3ccccc3)N(Oc3ccccc3)P2Oc2ccc([N+](=O)[O-])cc2)cc1. The van der Waals surface area contributed by atoms with Crippen LogP contribution in [-0.2, 0) is 0 Å². The summed E-state index contributed by atoms with van der Waals surface area (Å²) in [4.78, 5) is 46.0. The van der Waals surface area contributed by atoms with Crippen LogP contribution in [0.4, 0.5) is 17.1 Å². The zero-order valence-electron chi connectivity index (χ0n) is 29.0. The first-order chi connectivity index (χ1) is 27.7. The van der Waals surface area contributed by atoms with Crippen molar-refractivity contribution >= 4 is 41.6 Å². The zero-order valence-corrected chi connectivity index (χ0v) is 31.7. The van der Waals surface area contributed by atoms with Gasteiger partial charge in [-0.15, -0.1) is 4.52 Å². The Labute approximate surface area is 325 Å². The number of nitrogens with zero attached hydrogens (tertiary/aromatic N) is 6. The van der Waals surface area contributed by atoms with Crippen molar-refractivity contribution in [2.24, 2.45) is 4.52 Å². The minimum atomic E-state index is -4.09. The lowest BCUT2D eigenvalue weighted by Crippen LogP contribution is -2.37. The monoisotopic (exact) mass is 828 g/mol. The normalized spacial score (nSPS) is 16.3. The predicted molar refractivity (Wildman–Crippen MR) is 209 cm³/mol. The van der Waals surface area contributed by atoms with Crippen LogP contribution in [0.15, 0.2) is 168 Å². The third-order valence-electron chi connectivity index (χ3n) is 7.41. The Morgan fingerprint density at radius 2 is 0.825 bits per heavy atom. The number of rotatable bonds is 15. The molecule has 0 amide bonds. The van der Waals surface area contributed by atoms with Gasteiger partial charge in [-0.2, -0.15) is 0 Å². The summed E-state index contributed by atoms with van der Waals surface area (Å²) in [6.45, 7) is 0. The Balaban J connectivity index is 1.46. The topological polar surface area (TPSA) is 204 Å². The molecule has 0 saturated carbocycles. The summed E-state index contributed by atoms with van der Waals surface area (Å²) in [5.74, 6) is 1.26. The van der Waals surface area contributed by atoms with Crippen molar-refractivity contribution in [3.63, 3.8) is 0 Å². The maximum atomic E-state index is 11.6. The Kier molecular flexibility index (Phi) is 11.8. The van der Waals surface area contributed by atoms with Crippen molar-refractivity contribution in [1.29, 1.82) is 0 Å². The van der Waals surface area contributed by atoms with E-state index in [4.69, 9.17) is 32.3 Å². The molecule has 0 N–H and O–H groups in total. The lowest BCUT2D eigenvalue weighted by molar-refractivity contribution is -0.385. The molecular weight excluding hydrogens is 801 g/mol. The molecule has 2 atom stereocenters. The van der Waals surface area contributed by atoms with Gasteiger partial charge < -0.3 is 27.8 Å². The van der Waals surface area contributed by atoms with Gasteiger partial charge in [0, 0.05) is 45.6 Å². The van der Waals surface area contributed by atoms with Crippen molar-refractivity contribution in [3.05, 3.63) is 194 Å². The summed E-state index contributed by atoms with van der Waals surface area (Å²) >= 11 is 0. The third-order valence-corrected chi connectivity index (χ3v) is 14.3. The van der Waals surface area contributed by atoms with Crippen LogP contribution in [0.5, 0.6) is 34.5 Å². The fourth-order valence-corrected chi connectivity index (χ4v) is 12.3. The lowest BCUT2D eigenvalue weighted by atomic mass is 10.3. The van der Waals surface area contributed by atoms with Crippen LogP contribution in [0, 0.1) is 30.3 Å². The van der Waals surface area contributed by atoms with Crippen molar-refractivity contribution < 1.29 is 42.5 Å². The second-order valence-electron chi connectivity index (χ2n) is 11.3. The van der Waals surface area contributed by atoms with E-state index in [9.17, 15) is 30.3 Å². The Morgan fingerprint density at radius 3 is 1.25 bits per heavy atom. The summed E-state index contributed by atoms with van der Waals surface area (Å²) in [6, 6.07) is 41.6. The smallest absolute Gasteiger partial charge is 0.440 e. The molecule has 7 rings (SSSR count). The molecule has 0 saturated heterocycles. The molecule has 2 unspecified atom stereocenters. The van der Waals surface area contributed by atoms with Gasteiger partial charge >= 0.3 is 24.6 Å². The average molecular weight is 829 g/mol. The molecule has 1 aliphatic heterocycles. The third kappa shape index (κ3) is 9.42. The lowest BCUT2D eigenvalue weighted by Gasteiger charge is -2.43. The van der Waals surface area contributed by atoms with Gasteiger partial charge in [-0.3, -0.25) is 30.3 Å². The highest BCUT2D eigenvalue weighted by Gasteiger charge is 2.58. The van der Waals surface area contributed by atoms with Gasteiger partial charge in [-0.25, -0.2) is 0 Å². The highest BCUT2D eigenvalue weighted by molar-refractivity contribution is 7.78. The van der Waals surface area contributed by atoms with E-state index < -0.39 is 39.3 Å². The fraction of sp³-hybridized carbons (Fsp3) is 0. The highest BCUT2D eigenvalue weighted by Crippen LogP contribution is 2.77. The minimum Gasteiger partial charge on any atom is -0.440 e. The summed E-state index contributed by atoms with van der Waals surface area (Å²) in [7, 11) is -9.18. The minimum absolute atomic E-state index is 0.0915. The van der Waals surface area contributed by atoms with Gasteiger partial charge in [0.05, 0.1) is 14.8 Å². The Morgan fingerprint density at radius 1 is 0.456 bits per heavy atom. The molecule has 0 aliphatic carbocycles. The van der Waals surface area contributed by atoms with E-state index in [1.54, 1.807) is 91.0 Å². The molecule has 0 bridgehead atoms. The molecule has 1 aliphatic rings. The number of nitro groups is 3. The first-order valence-corrected chi connectivity index (χ1v) is 20.3. The van der Waals surface area contributed by atoms with Gasteiger partial charge in [0.15, 0.2) is 0 Å². The quantitative estimate of drug-likeness (QED) is 0.0537. The maximum absolute atomic E-state index is 11.6. The number of benzene rings is 6. The van der Waals surface area contributed by atoms with Crippen molar-refractivity contribution in [1.82, 2.24) is 9.21 Å². The summed E-state index contributed by atoms with van der Waals surface area (Å²) in [5, 5.41) is 34.6. The van der Waals surface area contributed by atoms with Gasteiger partial charge in [-0.1, -0.05) is 54.6 Å².